The second-order valence-electron chi connectivity index (χ2n) is 8.68. The third kappa shape index (κ3) is 4.12. The Morgan fingerprint density at radius 3 is 2.31 bits per heavy atom. The van der Waals surface area contributed by atoms with Crippen LogP contribution in [0.25, 0.3) is 10.9 Å². The number of para-hydroxylation sites is 1. The summed E-state index contributed by atoms with van der Waals surface area (Å²) in [6, 6.07) is 9.75. The predicted molar refractivity (Wildman–Crippen MR) is 118 cm³/mol. The van der Waals surface area contributed by atoms with Crippen LogP contribution in [0.3, 0.4) is 0 Å². The number of carbonyl (C=O) groups excluding carboxylic acids is 4. The Hall–Kier alpha value is -3.55. The van der Waals surface area contributed by atoms with Crippen LogP contribution in [-0.2, 0) is 14.4 Å². The van der Waals surface area contributed by atoms with Crippen LogP contribution in [0.2, 0.25) is 0 Å². The summed E-state index contributed by atoms with van der Waals surface area (Å²) in [5.41, 5.74) is 5.57. The van der Waals surface area contributed by atoms with Gasteiger partial charge in [-0.1, -0.05) is 50.3 Å². The second kappa shape index (κ2) is 8.90. The second-order valence-corrected chi connectivity index (χ2v) is 8.68. The first-order valence-electron chi connectivity index (χ1n) is 10.8. The van der Waals surface area contributed by atoms with E-state index < -0.39 is 29.7 Å². The maximum Gasteiger partial charge on any atom is 0.288 e. The van der Waals surface area contributed by atoms with Crippen LogP contribution in [0.4, 0.5) is 0 Å². The van der Waals surface area contributed by atoms with E-state index >= 15 is 0 Å². The molecule has 2 N–H and O–H groups in total. The Morgan fingerprint density at radius 1 is 1.00 bits per heavy atom. The first-order chi connectivity index (χ1) is 15.4. The van der Waals surface area contributed by atoms with Crippen LogP contribution < -0.4 is 10.9 Å². The summed E-state index contributed by atoms with van der Waals surface area (Å²) >= 11 is 0. The summed E-state index contributed by atoms with van der Waals surface area (Å²) in [6.07, 6.45) is 5.13. The highest BCUT2D eigenvalue weighted by molar-refractivity contribution is 6.08. The van der Waals surface area contributed by atoms with Crippen LogP contribution >= 0.6 is 0 Å². The van der Waals surface area contributed by atoms with Crippen molar-refractivity contribution in [3.05, 3.63) is 54.2 Å². The highest BCUT2D eigenvalue weighted by atomic mass is 16.2. The quantitative estimate of drug-likeness (QED) is 0.427. The monoisotopic (exact) mass is 434 g/mol. The van der Waals surface area contributed by atoms with Gasteiger partial charge in [0.25, 0.3) is 11.8 Å². The molecule has 4 rings (SSSR count). The summed E-state index contributed by atoms with van der Waals surface area (Å²) in [5, 5.41) is 0.895. The Morgan fingerprint density at radius 2 is 1.66 bits per heavy atom. The number of hydrogen-bond donors (Lipinski definition) is 2. The van der Waals surface area contributed by atoms with Gasteiger partial charge in [-0.15, -0.1) is 0 Å². The molecular formula is C24H26N4O4. The fraction of sp³-hybridized carbons (Fsp3) is 0.375. The van der Waals surface area contributed by atoms with Crippen molar-refractivity contribution in [2.45, 2.75) is 39.2 Å². The van der Waals surface area contributed by atoms with Crippen molar-refractivity contribution in [2.24, 2.45) is 17.8 Å². The molecule has 2 heterocycles. The number of allylic oxidation sites excluding steroid dienone is 2. The number of likely N-dealkylation sites (tertiary alicyclic amines) is 1. The normalized spacial score (nSPS) is 21.0. The lowest BCUT2D eigenvalue weighted by atomic mass is 9.85. The molecule has 4 amide bonds. The van der Waals surface area contributed by atoms with Gasteiger partial charge in [0.2, 0.25) is 11.8 Å². The van der Waals surface area contributed by atoms with E-state index in [-0.39, 0.29) is 23.4 Å². The average Bonchev–Trinajstić information content (AvgIpc) is 3.05. The molecule has 166 valence electrons. The first kappa shape index (κ1) is 21.7. The number of nitrogens with one attached hydrogen (secondary N) is 2. The highest BCUT2D eigenvalue weighted by Crippen LogP contribution is 2.37. The Kier molecular flexibility index (Phi) is 6.03. The molecule has 1 aliphatic heterocycles. The third-order valence-electron chi connectivity index (χ3n) is 5.98. The molecule has 0 saturated carbocycles. The van der Waals surface area contributed by atoms with E-state index in [0.29, 0.717) is 24.8 Å². The van der Waals surface area contributed by atoms with Gasteiger partial charge in [-0.25, -0.2) is 4.98 Å². The molecule has 2 aliphatic rings. The maximum absolute atomic E-state index is 13.0. The van der Waals surface area contributed by atoms with Crippen molar-refractivity contribution < 1.29 is 19.2 Å². The molecule has 1 fully saturated rings. The van der Waals surface area contributed by atoms with E-state index in [1.807, 2.05) is 44.2 Å². The maximum atomic E-state index is 13.0. The lowest BCUT2D eigenvalue weighted by molar-refractivity contribution is -0.148. The minimum atomic E-state index is -0.981. The molecule has 8 heteroatoms. The van der Waals surface area contributed by atoms with Gasteiger partial charge in [0.15, 0.2) is 0 Å². The molecule has 1 aliphatic carbocycles. The van der Waals surface area contributed by atoms with Gasteiger partial charge >= 0.3 is 0 Å². The third-order valence-corrected chi connectivity index (χ3v) is 5.98. The van der Waals surface area contributed by atoms with Crippen LogP contribution in [0.5, 0.6) is 0 Å². The summed E-state index contributed by atoms with van der Waals surface area (Å²) in [5.74, 6) is -2.56. The Labute approximate surface area is 186 Å². The number of hydrogen-bond acceptors (Lipinski definition) is 5. The topological polar surface area (TPSA) is 108 Å². The van der Waals surface area contributed by atoms with Crippen molar-refractivity contribution in [2.75, 3.05) is 0 Å². The number of pyridine rings is 1. The molecule has 1 aromatic heterocycles. The fourth-order valence-electron chi connectivity index (χ4n) is 4.37. The summed E-state index contributed by atoms with van der Waals surface area (Å²) in [7, 11) is 0. The molecule has 8 nitrogen and oxygen atoms in total. The molecule has 2 aromatic rings. The standard InChI is InChI=1S/C24H26N4O4/c1-14(2)13-20(28-23(31)16-8-4-5-9-17(16)24(28)32)22(30)27-26-21(29)19-12-11-15-7-3-6-10-18(15)25-19/h3-7,10-12,14,16-17,20H,8-9,13H2,1-2H3,(H,26,29)(H,27,30). The van der Waals surface area contributed by atoms with Crippen molar-refractivity contribution >= 4 is 34.5 Å². The Bertz CT molecular complexity index is 1080. The van der Waals surface area contributed by atoms with Crippen molar-refractivity contribution in [1.82, 2.24) is 20.7 Å². The minimum absolute atomic E-state index is 0.0601. The van der Waals surface area contributed by atoms with E-state index in [1.54, 1.807) is 18.2 Å². The number of benzene rings is 1. The van der Waals surface area contributed by atoms with E-state index in [1.165, 1.54) is 0 Å². The summed E-state index contributed by atoms with van der Waals surface area (Å²) < 4.78 is 0. The van der Waals surface area contributed by atoms with Crippen LogP contribution in [0.15, 0.2) is 48.6 Å². The number of fused-ring (bicyclic) bond motifs is 2. The van der Waals surface area contributed by atoms with Gasteiger partial charge in [0.1, 0.15) is 11.7 Å². The van der Waals surface area contributed by atoms with Gasteiger partial charge in [-0.2, -0.15) is 0 Å². The van der Waals surface area contributed by atoms with Crippen LogP contribution in [0, 0.1) is 17.8 Å². The average molecular weight is 434 g/mol. The van der Waals surface area contributed by atoms with Crippen LogP contribution in [-0.4, -0.2) is 39.6 Å². The molecule has 1 aromatic carbocycles. The number of rotatable bonds is 5. The van der Waals surface area contributed by atoms with Gasteiger partial charge < -0.3 is 0 Å². The number of carbonyl (C=O) groups is 4. The number of imide groups is 1. The van der Waals surface area contributed by atoms with Crippen LogP contribution in [0.1, 0.15) is 43.6 Å². The summed E-state index contributed by atoms with van der Waals surface area (Å²) in [4.78, 5) is 56.9. The van der Waals surface area contributed by atoms with Crippen molar-refractivity contribution in [1.29, 1.82) is 0 Å². The van der Waals surface area contributed by atoms with Gasteiger partial charge in [0.05, 0.1) is 17.4 Å². The first-order valence-corrected chi connectivity index (χ1v) is 10.8. The SMILES string of the molecule is CC(C)CC(C(=O)NNC(=O)c1ccc2ccccc2n1)N1C(=O)C2CC=CCC2C1=O. The molecule has 32 heavy (non-hydrogen) atoms. The highest BCUT2D eigenvalue weighted by Gasteiger charge is 2.51. The molecule has 0 bridgehead atoms. The molecule has 3 atom stereocenters. The minimum Gasteiger partial charge on any atom is -0.274 e. The molecule has 0 spiro atoms. The fourth-order valence-corrected chi connectivity index (χ4v) is 4.37. The largest absolute Gasteiger partial charge is 0.288 e. The van der Waals surface area contributed by atoms with Gasteiger partial charge in [-0.05, 0) is 37.3 Å². The molecular weight excluding hydrogens is 408 g/mol. The van der Waals surface area contributed by atoms with Crippen molar-refractivity contribution in [3.8, 4) is 0 Å². The van der Waals surface area contributed by atoms with E-state index in [0.717, 1.165) is 10.3 Å². The van der Waals surface area contributed by atoms with E-state index in [4.69, 9.17) is 0 Å². The number of hydrazine groups is 1. The molecule has 3 unspecified atom stereocenters. The zero-order valence-corrected chi connectivity index (χ0v) is 18.1. The Balaban J connectivity index is 1.48. The number of nitrogens with zero attached hydrogens (tertiary/aromatic N) is 2. The van der Waals surface area contributed by atoms with E-state index in [2.05, 4.69) is 15.8 Å². The van der Waals surface area contributed by atoms with Crippen molar-refractivity contribution in [3.63, 3.8) is 0 Å². The van der Waals surface area contributed by atoms with Gasteiger partial charge in [0, 0.05) is 5.39 Å². The van der Waals surface area contributed by atoms with Gasteiger partial charge in [-0.3, -0.25) is 34.9 Å². The van der Waals surface area contributed by atoms with E-state index in [9.17, 15) is 19.2 Å². The molecule has 1 saturated heterocycles. The number of aromatic nitrogens is 1. The number of amides is 4. The zero-order valence-electron chi connectivity index (χ0n) is 18.1. The lowest BCUT2D eigenvalue weighted by Crippen LogP contribution is -2.54. The predicted octanol–water partition coefficient (Wildman–Crippen LogP) is 2.36. The zero-order chi connectivity index (χ0) is 22.8. The smallest absolute Gasteiger partial charge is 0.274 e. The molecule has 0 radical (unpaired) electrons. The lowest BCUT2D eigenvalue weighted by Gasteiger charge is -2.27. The summed E-state index contributed by atoms with van der Waals surface area (Å²) in [6.45, 7) is 3.83.